The van der Waals surface area contributed by atoms with Crippen molar-refractivity contribution in [2.45, 2.75) is 32.2 Å². The van der Waals surface area contributed by atoms with E-state index < -0.39 is 0 Å². The second kappa shape index (κ2) is 6.45. The van der Waals surface area contributed by atoms with E-state index in [0.29, 0.717) is 11.8 Å². The van der Waals surface area contributed by atoms with Gasteiger partial charge < -0.3 is 15.7 Å². The Morgan fingerprint density at radius 1 is 1.37 bits per heavy atom. The third-order valence-corrected chi connectivity index (χ3v) is 3.53. The van der Waals surface area contributed by atoms with Crippen LogP contribution in [0.2, 0.25) is 0 Å². The first-order valence-electron chi connectivity index (χ1n) is 6.94. The average molecular weight is 261 g/mol. The molecule has 0 bridgehead atoms. The van der Waals surface area contributed by atoms with Crippen LogP contribution in [0.15, 0.2) is 29.3 Å². The van der Waals surface area contributed by atoms with Crippen molar-refractivity contribution in [3.63, 3.8) is 0 Å². The number of hydrogen-bond acceptors (Lipinski definition) is 2. The summed E-state index contributed by atoms with van der Waals surface area (Å²) in [5, 5.41) is 15.9. The Bertz CT molecular complexity index is 428. The van der Waals surface area contributed by atoms with E-state index in [1.54, 1.807) is 12.1 Å². The molecule has 0 heterocycles. The van der Waals surface area contributed by atoms with Crippen LogP contribution in [0.3, 0.4) is 0 Å². The Labute approximate surface area is 114 Å². The quantitative estimate of drug-likeness (QED) is 0.431. The molecule has 2 rings (SSSR count). The summed E-state index contributed by atoms with van der Waals surface area (Å²) >= 11 is 0. The van der Waals surface area contributed by atoms with Crippen molar-refractivity contribution in [1.82, 2.24) is 10.6 Å². The number of nitrogens with zero attached hydrogens (tertiary/aromatic N) is 1. The number of phenols is 1. The lowest BCUT2D eigenvalue weighted by atomic mass is 10.1. The van der Waals surface area contributed by atoms with Gasteiger partial charge in [-0.1, -0.05) is 19.1 Å². The fourth-order valence-corrected chi connectivity index (χ4v) is 2.06. The Hall–Kier alpha value is -1.71. The molecule has 1 aromatic rings. The number of benzene rings is 1. The molecule has 0 saturated heterocycles. The summed E-state index contributed by atoms with van der Waals surface area (Å²) in [4.78, 5) is 4.22. The maximum absolute atomic E-state index is 9.21. The minimum Gasteiger partial charge on any atom is -0.508 e. The fraction of sp³-hybridized carbons (Fsp3) is 0.533. The molecule has 3 N–H and O–H groups in total. The zero-order chi connectivity index (χ0) is 13.7. The number of aryl methyl sites for hydroxylation is 1. The summed E-state index contributed by atoms with van der Waals surface area (Å²) in [6.07, 6.45) is 3.30. The van der Waals surface area contributed by atoms with Gasteiger partial charge in [-0.2, -0.15) is 0 Å². The molecule has 2 atom stereocenters. The molecular formula is C15H23N3O. The zero-order valence-corrected chi connectivity index (χ0v) is 11.7. The highest BCUT2D eigenvalue weighted by molar-refractivity contribution is 5.80. The van der Waals surface area contributed by atoms with Crippen LogP contribution < -0.4 is 10.6 Å². The second-order valence-corrected chi connectivity index (χ2v) is 5.23. The first-order chi connectivity index (χ1) is 9.19. The van der Waals surface area contributed by atoms with Crippen LogP contribution in [0.1, 0.15) is 25.3 Å². The fourth-order valence-electron chi connectivity index (χ4n) is 2.06. The van der Waals surface area contributed by atoms with E-state index in [1.807, 2.05) is 19.2 Å². The van der Waals surface area contributed by atoms with Gasteiger partial charge in [-0.05, 0) is 42.9 Å². The number of aliphatic imine (C=N–C) groups is 1. The Balaban J connectivity index is 1.64. The number of nitrogens with one attached hydrogen (secondary N) is 2. The summed E-state index contributed by atoms with van der Waals surface area (Å²) in [7, 11) is 1.81. The van der Waals surface area contributed by atoms with Crippen LogP contribution in [0, 0.1) is 5.92 Å². The van der Waals surface area contributed by atoms with Crippen LogP contribution in [0.4, 0.5) is 0 Å². The molecule has 0 aliphatic heterocycles. The molecule has 1 aromatic carbocycles. The summed E-state index contributed by atoms with van der Waals surface area (Å²) < 4.78 is 0. The van der Waals surface area contributed by atoms with E-state index in [2.05, 4.69) is 22.5 Å². The third-order valence-electron chi connectivity index (χ3n) is 3.53. The Kier molecular flexibility index (Phi) is 4.66. The maximum Gasteiger partial charge on any atom is 0.191 e. The first kappa shape index (κ1) is 13.7. The van der Waals surface area contributed by atoms with E-state index >= 15 is 0 Å². The minimum atomic E-state index is 0.324. The zero-order valence-electron chi connectivity index (χ0n) is 11.7. The largest absolute Gasteiger partial charge is 0.508 e. The van der Waals surface area contributed by atoms with Gasteiger partial charge in [0.2, 0.25) is 0 Å². The van der Waals surface area contributed by atoms with E-state index in [4.69, 9.17) is 0 Å². The minimum absolute atomic E-state index is 0.324. The van der Waals surface area contributed by atoms with Gasteiger partial charge in [0.25, 0.3) is 0 Å². The van der Waals surface area contributed by atoms with Crippen LogP contribution in [0.5, 0.6) is 5.75 Å². The topological polar surface area (TPSA) is 56.7 Å². The molecule has 0 spiro atoms. The van der Waals surface area contributed by atoms with Crippen molar-refractivity contribution >= 4 is 5.96 Å². The van der Waals surface area contributed by atoms with Crippen molar-refractivity contribution in [2.24, 2.45) is 10.9 Å². The number of hydrogen-bond donors (Lipinski definition) is 3. The van der Waals surface area contributed by atoms with Gasteiger partial charge in [-0.25, -0.2) is 0 Å². The molecule has 1 aliphatic rings. The van der Waals surface area contributed by atoms with Crippen molar-refractivity contribution in [3.05, 3.63) is 29.8 Å². The molecule has 4 nitrogen and oxygen atoms in total. The number of aromatic hydroxyl groups is 1. The highest BCUT2D eigenvalue weighted by atomic mass is 16.3. The Morgan fingerprint density at radius 2 is 2.05 bits per heavy atom. The van der Waals surface area contributed by atoms with Crippen LogP contribution in [-0.2, 0) is 6.42 Å². The lowest BCUT2D eigenvalue weighted by Gasteiger charge is -2.11. The van der Waals surface area contributed by atoms with Gasteiger partial charge in [-0.15, -0.1) is 0 Å². The van der Waals surface area contributed by atoms with Crippen molar-refractivity contribution in [2.75, 3.05) is 13.6 Å². The Morgan fingerprint density at radius 3 is 2.63 bits per heavy atom. The van der Waals surface area contributed by atoms with E-state index in [0.717, 1.165) is 31.3 Å². The molecule has 0 radical (unpaired) electrons. The van der Waals surface area contributed by atoms with Gasteiger partial charge in [0.05, 0.1) is 0 Å². The van der Waals surface area contributed by atoms with Crippen molar-refractivity contribution in [1.29, 1.82) is 0 Å². The molecule has 0 aromatic heterocycles. The molecule has 4 heteroatoms. The lowest BCUT2D eigenvalue weighted by molar-refractivity contribution is 0.475. The molecule has 1 saturated carbocycles. The SMILES string of the molecule is CN=C(NCCCc1ccc(O)cc1)NC1CC1C. The normalized spacial score (nSPS) is 22.1. The van der Waals surface area contributed by atoms with Gasteiger partial charge in [0, 0.05) is 19.6 Å². The van der Waals surface area contributed by atoms with Gasteiger partial charge in [-0.3, -0.25) is 4.99 Å². The molecule has 104 valence electrons. The molecular weight excluding hydrogens is 238 g/mol. The van der Waals surface area contributed by atoms with E-state index in [9.17, 15) is 5.11 Å². The predicted octanol–water partition coefficient (Wildman–Crippen LogP) is 1.90. The van der Waals surface area contributed by atoms with Crippen LogP contribution in [0.25, 0.3) is 0 Å². The smallest absolute Gasteiger partial charge is 0.191 e. The van der Waals surface area contributed by atoms with Gasteiger partial charge >= 0.3 is 0 Å². The number of phenolic OH excluding ortho intramolecular Hbond substituents is 1. The van der Waals surface area contributed by atoms with Crippen molar-refractivity contribution < 1.29 is 5.11 Å². The maximum atomic E-state index is 9.21. The van der Waals surface area contributed by atoms with Crippen LogP contribution in [-0.4, -0.2) is 30.7 Å². The monoisotopic (exact) mass is 261 g/mol. The average Bonchev–Trinajstić information content (AvgIpc) is 3.11. The third kappa shape index (κ3) is 4.47. The molecule has 2 unspecified atom stereocenters. The summed E-state index contributed by atoms with van der Waals surface area (Å²) in [6, 6.07) is 8.00. The standard InChI is InChI=1S/C15H23N3O/c1-11-10-14(11)18-15(16-2)17-9-3-4-12-5-7-13(19)8-6-12/h5-8,11,14,19H,3-4,9-10H2,1-2H3,(H2,16,17,18). The van der Waals surface area contributed by atoms with E-state index in [-0.39, 0.29) is 0 Å². The molecule has 1 fully saturated rings. The van der Waals surface area contributed by atoms with E-state index in [1.165, 1.54) is 12.0 Å². The molecule has 1 aliphatic carbocycles. The summed E-state index contributed by atoms with van der Waals surface area (Å²) in [5.41, 5.74) is 1.25. The first-order valence-corrected chi connectivity index (χ1v) is 6.94. The van der Waals surface area contributed by atoms with Crippen LogP contribution >= 0.6 is 0 Å². The van der Waals surface area contributed by atoms with Crippen molar-refractivity contribution in [3.8, 4) is 5.75 Å². The molecule has 0 amide bonds. The lowest BCUT2D eigenvalue weighted by Crippen LogP contribution is -2.39. The molecule has 19 heavy (non-hydrogen) atoms. The number of guanidine groups is 1. The van der Waals surface area contributed by atoms with Gasteiger partial charge in [0.15, 0.2) is 5.96 Å². The number of rotatable bonds is 5. The summed E-state index contributed by atoms with van der Waals surface area (Å²) in [5.74, 6) is 2.00. The van der Waals surface area contributed by atoms with Gasteiger partial charge in [0.1, 0.15) is 5.75 Å². The highest BCUT2D eigenvalue weighted by Gasteiger charge is 2.32. The summed E-state index contributed by atoms with van der Waals surface area (Å²) in [6.45, 7) is 3.15. The highest BCUT2D eigenvalue weighted by Crippen LogP contribution is 2.28. The predicted molar refractivity (Wildman–Crippen MR) is 78.5 cm³/mol. The second-order valence-electron chi connectivity index (χ2n) is 5.23.